The Bertz CT molecular complexity index is 744. The molecule has 9 heteroatoms. The number of ether oxygens (including phenoxy) is 1. The van der Waals surface area contributed by atoms with Crippen LogP contribution >= 0.6 is 23.7 Å². The Hall–Kier alpha value is -1.61. The van der Waals surface area contributed by atoms with E-state index in [2.05, 4.69) is 15.6 Å². The molecular weight excluding hydrogens is 372 g/mol. The molecule has 0 spiro atoms. The normalized spacial score (nSPS) is 20.0. The van der Waals surface area contributed by atoms with Gasteiger partial charge in [0.15, 0.2) is 5.13 Å². The molecule has 5 nitrogen and oxygen atoms in total. The molecule has 0 saturated carbocycles. The van der Waals surface area contributed by atoms with Crippen LogP contribution in [0, 0.1) is 11.6 Å². The van der Waals surface area contributed by atoms with Gasteiger partial charge in [-0.3, -0.25) is 4.79 Å². The highest BCUT2D eigenvalue weighted by atomic mass is 35.5. The van der Waals surface area contributed by atoms with Crippen LogP contribution in [0.25, 0.3) is 0 Å². The zero-order chi connectivity index (χ0) is 17.1. The molecular formula is C16H18ClF2N3O2S. The van der Waals surface area contributed by atoms with Gasteiger partial charge in [-0.25, -0.2) is 13.8 Å². The summed E-state index contributed by atoms with van der Waals surface area (Å²) in [5.74, 6) is -1.41. The van der Waals surface area contributed by atoms with Crippen molar-refractivity contribution in [1.82, 2.24) is 10.3 Å². The highest BCUT2D eigenvalue weighted by molar-refractivity contribution is 7.15. The summed E-state index contributed by atoms with van der Waals surface area (Å²) in [5, 5.41) is 6.29. The van der Waals surface area contributed by atoms with Crippen LogP contribution in [0.5, 0.6) is 0 Å². The Kier molecular flexibility index (Phi) is 6.83. The summed E-state index contributed by atoms with van der Waals surface area (Å²) >= 11 is 1.26. The lowest BCUT2D eigenvalue weighted by Gasteiger charge is -2.28. The maximum Gasteiger partial charge on any atom is 0.245 e. The fourth-order valence-corrected chi connectivity index (χ4v) is 3.35. The first kappa shape index (κ1) is 19.7. The van der Waals surface area contributed by atoms with Gasteiger partial charge in [0, 0.05) is 30.1 Å². The summed E-state index contributed by atoms with van der Waals surface area (Å²) in [4.78, 5) is 17.2. The monoisotopic (exact) mass is 389 g/mol. The van der Waals surface area contributed by atoms with Crippen LogP contribution in [0.2, 0.25) is 0 Å². The molecule has 0 bridgehead atoms. The van der Waals surface area contributed by atoms with Gasteiger partial charge in [-0.1, -0.05) is 6.07 Å². The number of rotatable bonds is 4. The van der Waals surface area contributed by atoms with Crippen LogP contribution < -0.4 is 10.6 Å². The first-order valence-corrected chi connectivity index (χ1v) is 8.39. The molecule has 2 aromatic rings. The largest absolute Gasteiger partial charge is 0.375 e. The third-order valence-electron chi connectivity index (χ3n) is 3.76. The van der Waals surface area contributed by atoms with Crippen molar-refractivity contribution >= 4 is 34.8 Å². The average molecular weight is 390 g/mol. The van der Waals surface area contributed by atoms with Crippen LogP contribution in [0.3, 0.4) is 0 Å². The van der Waals surface area contributed by atoms with Crippen molar-refractivity contribution < 1.29 is 18.3 Å². The molecule has 25 heavy (non-hydrogen) atoms. The highest BCUT2D eigenvalue weighted by Gasteiger charge is 2.28. The van der Waals surface area contributed by atoms with Gasteiger partial charge in [0.05, 0.1) is 12.7 Å². The Balaban J connectivity index is 0.00000225. The predicted molar refractivity (Wildman–Crippen MR) is 94.4 cm³/mol. The lowest BCUT2D eigenvalue weighted by atomic mass is 10.1. The number of halogens is 3. The van der Waals surface area contributed by atoms with Gasteiger partial charge in [0.25, 0.3) is 0 Å². The molecule has 2 atom stereocenters. The summed E-state index contributed by atoms with van der Waals surface area (Å²) in [7, 11) is 0. The standard InChI is InChI=1S/C16H17F2N3O2S.ClH/c1-9-14(19-4-5-23-9)15(22)21-16-20-8-12(24-16)6-10-2-3-11(17)7-13(10)18;/h2-3,7-9,14,19H,4-6H2,1H3,(H,20,21,22);1H/t9-,14+;/m1./s1. The summed E-state index contributed by atoms with van der Waals surface area (Å²) < 4.78 is 32.1. The van der Waals surface area contributed by atoms with E-state index >= 15 is 0 Å². The number of nitrogens with zero attached hydrogens (tertiary/aromatic N) is 1. The first-order valence-electron chi connectivity index (χ1n) is 7.57. The summed E-state index contributed by atoms with van der Waals surface area (Å²) in [6.45, 7) is 3.03. The maximum absolute atomic E-state index is 13.7. The van der Waals surface area contributed by atoms with Crippen molar-refractivity contribution in [3.05, 3.63) is 46.5 Å². The van der Waals surface area contributed by atoms with Crippen molar-refractivity contribution in [2.24, 2.45) is 0 Å². The summed E-state index contributed by atoms with van der Waals surface area (Å²) in [5.41, 5.74) is 0.383. The van der Waals surface area contributed by atoms with Gasteiger partial charge in [-0.2, -0.15) is 0 Å². The minimum absolute atomic E-state index is 0. The Labute approximate surface area is 154 Å². The first-order chi connectivity index (χ1) is 11.5. The number of carbonyl (C=O) groups is 1. The molecule has 1 saturated heterocycles. The van der Waals surface area contributed by atoms with Gasteiger partial charge in [0.1, 0.15) is 17.7 Å². The zero-order valence-corrected chi connectivity index (χ0v) is 15.1. The van der Waals surface area contributed by atoms with Crippen molar-refractivity contribution in [3.63, 3.8) is 0 Å². The molecule has 1 aromatic carbocycles. The Morgan fingerprint density at radius 1 is 1.48 bits per heavy atom. The average Bonchev–Trinajstić information content (AvgIpc) is 2.97. The minimum Gasteiger partial charge on any atom is -0.375 e. The van der Waals surface area contributed by atoms with Crippen molar-refractivity contribution in [2.75, 3.05) is 18.5 Å². The number of hydrogen-bond acceptors (Lipinski definition) is 5. The number of nitrogens with one attached hydrogen (secondary N) is 2. The van der Waals surface area contributed by atoms with E-state index in [1.54, 1.807) is 6.20 Å². The van der Waals surface area contributed by atoms with E-state index in [9.17, 15) is 13.6 Å². The van der Waals surface area contributed by atoms with E-state index in [-0.39, 0.29) is 24.4 Å². The molecule has 1 fully saturated rings. The lowest BCUT2D eigenvalue weighted by molar-refractivity contribution is -0.123. The van der Waals surface area contributed by atoms with Crippen LogP contribution in [0.15, 0.2) is 24.4 Å². The molecule has 1 aliphatic rings. The number of benzene rings is 1. The number of carbonyl (C=O) groups excluding carboxylic acids is 1. The fourth-order valence-electron chi connectivity index (χ4n) is 2.51. The number of anilines is 1. The van der Waals surface area contributed by atoms with Gasteiger partial charge in [0.2, 0.25) is 5.91 Å². The molecule has 0 aliphatic carbocycles. The van der Waals surface area contributed by atoms with E-state index in [1.165, 1.54) is 23.5 Å². The van der Waals surface area contributed by atoms with Gasteiger partial charge in [-0.15, -0.1) is 23.7 Å². The van der Waals surface area contributed by atoms with E-state index in [1.807, 2.05) is 6.92 Å². The summed E-state index contributed by atoms with van der Waals surface area (Å²) in [6.07, 6.45) is 1.66. The Morgan fingerprint density at radius 2 is 2.28 bits per heavy atom. The second-order valence-electron chi connectivity index (χ2n) is 5.54. The van der Waals surface area contributed by atoms with Gasteiger partial charge in [-0.05, 0) is 18.6 Å². The molecule has 1 aliphatic heterocycles. The molecule has 0 unspecified atom stereocenters. The minimum atomic E-state index is -0.607. The van der Waals surface area contributed by atoms with Gasteiger partial charge < -0.3 is 15.4 Å². The van der Waals surface area contributed by atoms with Crippen LogP contribution in [-0.4, -0.2) is 36.2 Å². The number of morpholine rings is 1. The smallest absolute Gasteiger partial charge is 0.245 e. The zero-order valence-electron chi connectivity index (χ0n) is 13.4. The molecule has 3 rings (SSSR count). The molecule has 1 amide bonds. The Morgan fingerprint density at radius 3 is 3.00 bits per heavy atom. The van der Waals surface area contributed by atoms with Crippen LogP contribution in [0.4, 0.5) is 13.9 Å². The third-order valence-corrected chi connectivity index (χ3v) is 4.68. The topological polar surface area (TPSA) is 63.2 Å². The second kappa shape index (κ2) is 8.66. The number of amides is 1. The van der Waals surface area contributed by atoms with E-state index in [0.717, 1.165) is 10.9 Å². The molecule has 2 heterocycles. The molecule has 0 radical (unpaired) electrons. The van der Waals surface area contributed by atoms with Gasteiger partial charge >= 0.3 is 0 Å². The van der Waals surface area contributed by atoms with Crippen molar-refractivity contribution in [1.29, 1.82) is 0 Å². The number of hydrogen-bond donors (Lipinski definition) is 2. The molecule has 136 valence electrons. The fraction of sp³-hybridized carbons (Fsp3) is 0.375. The van der Waals surface area contributed by atoms with E-state index in [4.69, 9.17) is 4.74 Å². The third kappa shape index (κ3) is 4.94. The second-order valence-corrected chi connectivity index (χ2v) is 6.66. The lowest BCUT2D eigenvalue weighted by Crippen LogP contribution is -2.53. The van der Waals surface area contributed by atoms with E-state index < -0.39 is 17.7 Å². The number of thiazole rings is 1. The molecule has 1 aromatic heterocycles. The molecule has 2 N–H and O–H groups in total. The quantitative estimate of drug-likeness (QED) is 0.844. The SMILES string of the molecule is C[C@H]1OCCN[C@@H]1C(=O)Nc1ncc(Cc2ccc(F)cc2F)s1.Cl. The van der Waals surface area contributed by atoms with Crippen LogP contribution in [0.1, 0.15) is 17.4 Å². The number of aromatic nitrogens is 1. The van der Waals surface area contributed by atoms with Crippen molar-refractivity contribution in [2.45, 2.75) is 25.5 Å². The van der Waals surface area contributed by atoms with E-state index in [0.29, 0.717) is 30.3 Å². The predicted octanol–water partition coefficient (Wildman–Crippen LogP) is 2.75. The van der Waals surface area contributed by atoms with Crippen LogP contribution in [-0.2, 0) is 16.0 Å². The van der Waals surface area contributed by atoms with Crippen molar-refractivity contribution in [3.8, 4) is 0 Å². The summed E-state index contributed by atoms with van der Waals surface area (Å²) in [6, 6.07) is 3.06. The highest BCUT2D eigenvalue weighted by Crippen LogP contribution is 2.23. The maximum atomic E-state index is 13.7.